The highest BCUT2D eigenvalue weighted by molar-refractivity contribution is 7.14. The quantitative estimate of drug-likeness (QED) is 0.917. The molecule has 0 bridgehead atoms. The summed E-state index contributed by atoms with van der Waals surface area (Å²) >= 11 is 1.23. The van der Waals surface area contributed by atoms with E-state index in [4.69, 9.17) is 5.73 Å². The van der Waals surface area contributed by atoms with Gasteiger partial charge < -0.3 is 5.73 Å². The van der Waals surface area contributed by atoms with E-state index in [1.165, 1.54) is 23.5 Å². The molecule has 6 heteroatoms. The molecule has 0 aliphatic rings. The molecule has 17 heavy (non-hydrogen) atoms. The summed E-state index contributed by atoms with van der Waals surface area (Å²) in [6.45, 7) is 1.93. The second-order valence-corrected chi connectivity index (χ2v) is 4.59. The van der Waals surface area contributed by atoms with Crippen molar-refractivity contribution < 1.29 is 8.78 Å². The Morgan fingerprint density at radius 2 is 2.12 bits per heavy atom. The molecular formula is C11H11F2N3S. The molecule has 2 N–H and O–H groups in total. The van der Waals surface area contributed by atoms with Gasteiger partial charge in [-0.1, -0.05) is 18.3 Å². The van der Waals surface area contributed by atoms with Gasteiger partial charge in [-0.15, -0.1) is 10.2 Å². The van der Waals surface area contributed by atoms with Gasteiger partial charge in [-0.05, 0) is 18.6 Å². The molecule has 90 valence electrons. The number of rotatable bonds is 3. The van der Waals surface area contributed by atoms with Crippen LogP contribution in [0.4, 0.5) is 8.78 Å². The number of benzene rings is 1. The second-order valence-electron chi connectivity index (χ2n) is 3.58. The summed E-state index contributed by atoms with van der Waals surface area (Å²) in [5.41, 5.74) is 6.05. The van der Waals surface area contributed by atoms with Crippen LogP contribution in [0.25, 0.3) is 10.6 Å². The van der Waals surface area contributed by atoms with Gasteiger partial charge >= 0.3 is 0 Å². The van der Waals surface area contributed by atoms with E-state index >= 15 is 0 Å². The van der Waals surface area contributed by atoms with E-state index in [-0.39, 0.29) is 11.6 Å². The molecule has 0 saturated carbocycles. The minimum absolute atomic E-state index is 0.190. The first-order valence-corrected chi connectivity index (χ1v) is 5.98. The van der Waals surface area contributed by atoms with Crippen LogP contribution in [0.2, 0.25) is 0 Å². The molecule has 0 spiro atoms. The van der Waals surface area contributed by atoms with Crippen LogP contribution in [0, 0.1) is 11.6 Å². The summed E-state index contributed by atoms with van der Waals surface area (Å²) in [7, 11) is 0. The Morgan fingerprint density at radius 3 is 2.76 bits per heavy atom. The van der Waals surface area contributed by atoms with Crippen molar-refractivity contribution in [1.29, 1.82) is 0 Å². The van der Waals surface area contributed by atoms with Gasteiger partial charge in [0.1, 0.15) is 16.6 Å². The van der Waals surface area contributed by atoms with Crippen molar-refractivity contribution in [1.82, 2.24) is 10.2 Å². The van der Waals surface area contributed by atoms with E-state index in [9.17, 15) is 8.78 Å². The number of hydrogen-bond acceptors (Lipinski definition) is 4. The summed E-state index contributed by atoms with van der Waals surface area (Å²) in [5.74, 6) is -1.25. The zero-order chi connectivity index (χ0) is 12.4. The average molecular weight is 255 g/mol. The Hall–Kier alpha value is -1.40. The first-order chi connectivity index (χ1) is 8.11. The van der Waals surface area contributed by atoms with Crippen molar-refractivity contribution in [3.63, 3.8) is 0 Å². The van der Waals surface area contributed by atoms with Gasteiger partial charge in [0.25, 0.3) is 0 Å². The number of nitrogens with two attached hydrogens (primary N) is 1. The summed E-state index contributed by atoms with van der Waals surface area (Å²) < 4.78 is 26.3. The third-order valence-electron chi connectivity index (χ3n) is 2.36. The molecule has 1 unspecified atom stereocenters. The minimum Gasteiger partial charge on any atom is -0.322 e. The van der Waals surface area contributed by atoms with Crippen LogP contribution in [0.5, 0.6) is 0 Å². The van der Waals surface area contributed by atoms with Gasteiger partial charge in [0.15, 0.2) is 5.01 Å². The highest BCUT2D eigenvalue weighted by atomic mass is 32.1. The lowest BCUT2D eigenvalue weighted by molar-refractivity contribution is 0.585. The average Bonchev–Trinajstić information content (AvgIpc) is 2.77. The van der Waals surface area contributed by atoms with Crippen molar-refractivity contribution in [2.24, 2.45) is 5.73 Å². The lowest BCUT2D eigenvalue weighted by Crippen LogP contribution is -2.07. The molecule has 0 amide bonds. The molecule has 3 nitrogen and oxygen atoms in total. The summed E-state index contributed by atoms with van der Waals surface area (Å²) in [6.07, 6.45) is 0.737. The predicted molar refractivity (Wildman–Crippen MR) is 62.5 cm³/mol. The lowest BCUT2D eigenvalue weighted by Gasteiger charge is -2.01. The fourth-order valence-corrected chi connectivity index (χ4v) is 2.29. The minimum atomic E-state index is -0.641. The van der Waals surface area contributed by atoms with E-state index < -0.39 is 11.6 Å². The molecule has 1 aromatic carbocycles. The molecule has 2 aromatic rings. The molecule has 1 atom stereocenters. The van der Waals surface area contributed by atoms with Crippen molar-refractivity contribution in [2.75, 3.05) is 0 Å². The Bertz CT molecular complexity index is 527. The largest absolute Gasteiger partial charge is 0.322 e. The van der Waals surface area contributed by atoms with Crippen LogP contribution in [0.3, 0.4) is 0 Å². The Labute approximate surface area is 101 Å². The monoisotopic (exact) mass is 255 g/mol. The van der Waals surface area contributed by atoms with Crippen molar-refractivity contribution in [3.8, 4) is 10.6 Å². The van der Waals surface area contributed by atoms with Crippen LogP contribution >= 0.6 is 11.3 Å². The molecule has 1 aromatic heterocycles. The van der Waals surface area contributed by atoms with Crippen molar-refractivity contribution in [3.05, 3.63) is 34.8 Å². The maximum Gasteiger partial charge on any atom is 0.150 e. The molecule has 0 radical (unpaired) electrons. The standard InChI is InChI=1S/C11H11F2N3S/c1-2-9(14)11-16-15-10(17-11)7-4-3-6(12)5-8(7)13/h3-5,9H,2,14H2,1H3. The summed E-state index contributed by atoms with van der Waals surface area (Å²) in [6, 6.07) is 3.19. The van der Waals surface area contributed by atoms with Crippen LogP contribution in [-0.2, 0) is 0 Å². The smallest absolute Gasteiger partial charge is 0.150 e. The highest BCUT2D eigenvalue weighted by Crippen LogP contribution is 2.29. The van der Waals surface area contributed by atoms with Crippen molar-refractivity contribution >= 4 is 11.3 Å². The van der Waals surface area contributed by atoms with Gasteiger partial charge in [-0.2, -0.15) is 0 Å². The van der Waals surface area contributed by atoms with Gasteiger partial charge in [0.2, 0.25) is 0 Å². The topological polar surface area (TPSA) is 51.8 Å². The van der Waals surface area contributed by atoms with E-state index in [0.29, 0.717) is 10.0 Å². The summed E-state index contributed by atoms with van der Waals surface area (Å²) in [4.78, 5) is 0. The van der Waals surface area contributed by atoms with E-state index in [1.807, 2.05) is 6.92 Å². The fraction of sp³-hybridized carbons (Fsp3) is 0.273. The molecule has 1 heterocycles. The highest BCUT2D eigenvalue weighted by Gasteiger charge is 2.14. The second kappa shape index (κ2) is 4.85. The van der Waals surface area contributed by atoms with Crippen LogP contribution in [-0.4, -0.2) is 10.2 Å². The van der Waals surface area contributed by atoms with Gasteiger partial charge in [-0.25, -0.2) is 8.78 Å². The molecule has 0 fully saturated rings. The predicted octanol–water partition coefficient (Wildman–Crippen LogP) is 2.89. The number of aromatic nitrogens is 2. The number of hydrogen-bond donors (Lipinski definition) is 1. The zero-order valence-electron chi connectivity index (χ0n) is 9.15. The maximum atomic E-state index is 13.5. The van der Waals surface area contributed by atoms with Crippen LogP contribution < -0.4 is 5.73 Å². The number of halogens is 2. The third-order valence-corrected chi connectivity index (χ3v) is 3.45. The number of nitrogens with zero attached hydrogens (tertiary/aromatic N) is 2. The molecule has 0 aliphatic carbocycles. The summed E-state index contributed by atoms with van der Waals surface area (Å²) in [5, 5.41) is 8.86. The Morgan fingerprint density at radius 1 is 1.35 bits per heavy atom. The Balaban J connectivity index is 2.37. The first kappa shape index (κ1) is 12.1. The first-order valence-electron chi connectivity index (χ1n) is 5.16. The molecule has 2 rings (SSSR count). The lowest BCUT2D eigenvalue weighted by atomic mass is 10.2. The van der Waals surface area contributed by atoms with E-state index in [2.05, 4.69) is 10.2 Å². The van der Waals surface area contributed by atoms with Crippen LogP contribution in [0.15, 0.2) is 18.2 Å². The Kier molecular flexibility index (Phi) is 3.44. The van der Waals surface area contributed by atoms with E-state index in [1.54, 1.807) is 0 Å². The van der Waals surface area contributed by atoms with E-state index in [0.717, 1.165) is 12.5 Å². The maximum absolute atomic E-state index is 13.5. The molecule has 0 saturated heterocycles. The zero-order valence-corrected chi connectivity index (χ0v) is 9.97. The molecule has 0 aliphatic heterocycles. The third kappa shape index (κ3) is 2.48. The van der Waals surface area contributed by atoms with Gasteiger partial charge in [0.05, 0.1) is 6.04 Å². The fourth-order valence-electron chi connectivity index (χ4n) is 1.33. The van der Waals surface area contributed by atoms with Crippen molar-refractivity contribution in [2.45, 2.75) is 19.4 Å². The SMILES string of the molecule is CCC(N)c1nnc(-c2ccc(F)cc2F)s1. The van der Waals surface area contributed by atoms with Gasteiger partial charge in [-0.3, -0.25) is 0 Å². The molecular weight excluding hydrogens is 244 g/mol. The van der Waals surface area contributed by atoms with Crippen LogP contribution in [0.1, 0.15) is 24.4 Å². The van der Waals surface area contributed by atoms with Gasteiger partial charge in [0, 0.05) is 11.6 Å². The normalized spacial score (nSPS) is 12.7.